The Kier molecular flexibility index (Phi) is 12.3. The van der Waals surface area contributed by atoms with E-state index in [1.807, 2.05) is 0 Å². The summed E-state index contributed by atoms with van der Waals surface area (Å²) in [6.45, 7) is 29.3. The molecule has 0 unspecified atom stereocenters. The van der Waals surface area contributed by atoms with Gasteiger partial charge in [0, 0.05) is 32.0 Å². The van der Waals surface area contributed by atoms with Crippen molar-refractivity contribution < 1.29 is 35.4 Å². The highest BCUT2D eigenvalue weighted by Crippen LogP contribution is 2.51. The third-order valence-electron chi connectivity index (χ3n) is 7.55. The number of aliphatic hydroxyl groups excluding tert-OH is 4. The molecule has 9 heteroatoms. The highest BCUT2D eigenvalue weighted by Gasteiger charge is 2.34. The van der Waals surface area contributed by atoms with Gasteiger partial charge in [0.1, 0.15) is 36.4 Å². The van der Waals surface area contributed by atoms with Crippen LogP contribution >= 0.6 is 23.5 Å². The lowest BCUT2D eigenvalue weighted by molar-refractivity contribution is -0.179. The molecule has 0 spiro atoms. The quantitative estimate of drug-likeness (QED) is 0.118. The van der Waals surface area contributed by atoms with Crippen molar-refractivity contribution in [2.75, 3.05) is 6.61 Å². The largest absolute Gasteiger partial charge is 0.507 e. The second-order valence-electron chi connectivity index (χ2n) is 16.6. The van der Waals surface area contributed by atoms with Crippen molar-refractivity contribution in [1.29, 1.82) is 0 Å². The van der Waals surface area contributed by atoms with E-state index in [1.165, 1.54) is 0 Å². The van der Waals surface area contributed by atoms with Gasteiger partial charge >= 0.3 is 0 Å². The minimum absolute atomic E-state index is 0.226. The van der Waals surface area contributed by atoms with Crippen molar-refractivity contribution in [2.24, 2.45) is 0 Å². The summed E-state index contributed by atoms with van der Waals surface area (Å²) in [5.41, 5.74) is 2.58. The van der Waals surface area contributed by atoms with Crippen molar-refractivity contribution in [2.45, 2.75) is 157 Å². The van der Waals surface area contributed by atoms with Crippen LogP contribution in [0.2, 0.25) is 0 Å². The SMILES string of the molecule is CC(C)(Sc1cc(C(C)(C)C)c(O)c(C(C)(C)C)c1)Sc1cc(C(C)(C)C)c(OC[C@@H](O)[C@@H](O)[C@H](O)C(O)O)c(C(C)(C)C)c1. The van der Waals surface area contributed by atoms with E-state index in [2.05, 4.69) is 121 Å². The van der Waals surface area contributed by atoms with E-state index < -0.39 is 24.6 Å². The summed E-state index contributed by atoms with van der Waals surface area (Å²) in [6, 6.07) is 8.46. The van der Waals surface area contributed by atoms with Gasteiger partial charge in [-0.3, -0.25) is 0 Å². The second kappa shape index (κ2) is 14.0. The van der Waals surface area contributed by atoms with Gasteiger partial charge in [-0.1, -0.05) is 83.1 Å². The number of phenolic OH excluding ortho intramolecular Hbond substituents is 1. The van der Waals surface area contributed by atoms with Gasteiger partial charge in [-0.15, -0.1) is 23.5 Å². The maximum atomic E-state index is 11.2. The average molecular weight is 667 g/mol. The number of hydrogen-bond donors (Lipinski definition) is 6. The third-order valence-corrected chi connectivity index (χ3v) is 9.98. The molecule has 0 aliphatic rings. The number of hydrogen-bond acceptors (Lipinski definition) is 9. The first-order valence-corrected chi connectivity index (χ1v) is 17.2. The van der Waals surface area contributed by atoms with Gasteiger partial charge in [0.25, 0.3) is 0 Å². The summed E-state index contributed by atoms with van der Waals surface area (Å²) < 4.78 is 5.90. The molecule has 0 bridgehead atoms. The Hall–Kier alpha value is -1.46. The van der Waals surface area contributed by atoms with Gasteiger partial charge in [0.15, 0.2) is 6.29 Å². The van der Waals surface area contributed by atoms with E-state index in [0.29, 0.717) is 11.5 Å². The Morgan fingerprint density at radius 1 is 0.556 bits per heavy atom. The van der Waals surface area contributed by atoms with Crippen LogP contribution in [0.4, 0.5) is 0 Å². The number of rotatable bonds is 10. The molecule has 0 heterocycles. The van der Waals surface area contributed by atoms with E-state index in [9.17, 15) is 30.6 Å². The molecule has 2 aromatic rings. The maximum absolute atomic E-state index is 11.2. The first-order chi connectivity index (χ1) is 20.1. The Labute approximate surface area is 279 Å². The fraction of sp³-hybridized carbons (Fsp3) is 0.667. The summed E-state index contributed by atoms with van der Waals surface area (Å²) in [5.74, 6) is 0.961. The summed E-state index contributed by atoms with van der Waals surface area (Å²) in [5, 5.41) is 60.2. The van der Waals surface area contributed by atoms with Crippen LogP contribution < -0.4 is 4.74 Å². The van der Waals surface area contributed by atoms with Gasteiger partial charge < -0.3 is 35.4 Å². The third kappa shape index (κ3) is 10.5. The van der Waals surface area contributed by atoms with Gasteiger partial charge in [-0.2, -0.15) is 0 Å². The van der Waals surface area contributed by atoms with Gasteiger partial charge in [-0.25, -0.2) is 0 Å². The number of thioether (sulfide) groups is 2. The number of benzene rings is 2. The van der Waals surface area contributed by atoms with Crippen LogP contribution in [0.5, 0.6) is 11.5 Å². The number of ether oxygens (including phenoxy) is 1. The smallest absolute Gasteiger partial charge is 0.180 e. The zero-order valence-electron chi connectivity index (χ0n) is 29.7. The molecule has 0 aliphatic carbocycles. The average Bonchev–Trinajstić information content (AvgIpc) is 2.84. The van der Waals surface area contributed by atoms with Crippen molar-refractivity contribution in [3.63, 3.8) is 0 Å². The number of aromatic hydroxyl groups is 1. The van der Waals surface area contributed by atoms with Crippen LogP contribution in [0.25, 0.3) is 0 Å². The van der Waals surface area contributed by atoms with Crippen LogP contribution in [0, 0.1) is 0 Å². The molecule has 0 amide bonds. The molecule has 6 N–H and O–H groups in total. The fourth-order valence-electron chi connectivity index (χ4n) is 5.00. The van der Waals surface area contributed by atoms with Crippen molar-refractivity contribution in [3.05, 3.63) is 46.5 Å². The molecule has 0 radical (unpaired) electrons. The van der Waals surface area contributed by atoms with Crippen molar-refractivity contribution >= 4 is 23.5 Å². The van der Waals surface area contributed by atoms with Gasteiger partial charge in [-0.05, 0) is 59.8 Å². The molecule has 45 heavy (non-hydrogen) atoms. The first kappa shape index (κ1) is 39.7. The highest BCUT2D eigenvalue weighted by molar-refractivity contribution is 8.18. The Morgan fingerprint density at radius 2 is 0.889 bits per heavy atom. The summed E-state index contributed by atoms with van der Waals surface area (Å²) in [7, 11) is 0. The molecule has 7 nitrogen and oxygen atoms in total. The van der Waals surface area contributed by atoms with Crippen molar-refractivity contribution in [1.82, 2.24) is 0 Å². The molecule has 0 saturated heterocycles. The molecular weight excluding hydrogens is 609 g/mol. The molecular formula is C36H58O7S2. The minimum atomic E-state index is -2.19. The molecule has 2 rings (SSSR count). The molecule has 2 aromatic carbocycles. The van der Waals surface area contributed by atoms with E-state index in [0.717, 1.165) is 32.0 Å². The van der Waals surface area contributed by atoms with Crippen LogP contribution in [0.15, 0.2) is 34.1 Å². The predicted octanol–water partition coefficient (Wildman–Crippen LogP) is 6.97. The Morgan fingerprint density at radius 3 is 1.20 bits per heavy atom. The fourth-order valence-corrected chi connectivity index (χ4v) is 7.59. The van der Waals surface area contributed by atoms with Gasteiger partial charge in [0.2, 0.25) is 0 Å². The normalized spacial score (nSPS) is 15.7. The van der Waals surface area contributed by atoms with Crippen LogP contribution in [0.1, 0.15) is 119 Å². The summed E-state index contributed by atoms with van der Waals surface area (Å²) >= 11 is 3.50. The van der Waals surface area contributed by atoms with Crippen LogP contribution in [-0.4, -0.2) is 65.9 Å². The topological polar surface area (TPSA) is 131 Å². The highest BCUT2D eigenvalue weighted by atomic mass is 32.2. The van der Waals surface area contributed by atoms with Crippen LogP contribution in [-0.2, 0) is 21.7 Å². The van der Waals surface area contributed by atoms with Crippen LogP contribution in [0.3, 0.4) is 0 Å². The zero-order chi connectivity index (χ0) is 35.1. The molecule has 3 atom stereocenters. The van der Waals surface area contributed by atoms with E-state index in [4.69, 9.17) is 4.74 Å². The maximum Gasteiger partial charge on any atom is 0.180 e. The molecule has 0 saturated carbocycles. The lowest BCUT2D eigenvalue weighted by atomic mass is 9.79. The molecule has 256 valence electrons. The molecule has 0 fully saturated rings. The minimum Gasteiger partial charge on any atom is -0.507 e. The Balaban J connectivity index is 2.58. The van der Waals surface area contributed by atoms with E-state index >= 15 is 0 Å². The summed E-state index contributed by atoms with van der Waals surface area (Å²) in [6.07, 6.45) is -7.47. The Bertz CT molecular complexity index is 1240. The summed E-state index contributed by atoms with van der Waals surface area (Å²) in [4.78, 5) is 2.15. The number of phenols is 1. The van der Waals surface area contributed by atoms with E-state index in [1.54, 1.807) is 23.5 Å². The second-order valence-corrected chi connectivity index (χ2v) is 20.2. The first-order valence-electron chi connectivity index (χ1n) is 15.5. The van der Waals surface area contributed by atoms with Gasteiger partial charge in [0.05, 0.1) is 4.08 Å². The molecule has 0 aliphatic heterocycles. The van der Waals surface area contributed by atoms with Crippen molar-refractivity contribution in [3.8, 4) is 11.5 Å². The lowest BCUT2D eigenvalue weighted by Gasteiger charge is -2.33. The monoisotopic (exact) mass is 666 g/mol. The standard InChI is InChI=1S/C36H58O7S2/c1-32(2,3)22-15-20(16-23(27(22)38)33(4,5)6)44-36(13,14)45-21-17-24(34(7,8)9)30(25(18-21)35(10,11)12)43-19-26(37)28(39)29(40)31(41)42/h15-18,26,28-29,31,37-42H,19H2,1-14H3/t26-,28-,29+/m1/s1. The number of aliphatic hydroxyl groups is 5. The lowest BCUT2D eigenvalue weighted by Crippen LogP contribution is -2.46. The molecule has 0 aromatic heterocycles. The van der Waals surface area contributed by atoms with E-state index in [-0.39, 0.29) is 32.3 Å². The zero-order valence-corrected chi connectivity index (χ0v) is 31.4. The predicted molar refractivity (Wildman–Crippen MR) is 187 cm³/mol.